The smallest absolute Gasteiger partial charge is 0.363 e. The van der Waals surface area contributed by atoms with Crippen molar-refractivity contribution >= 4 is 28.1 Å². The molecule has 3 aromatic carbocycles. The Labute approximate surface area is 218 Å². The van der Waals surface area contributed by atoms with Gasteiger partial charge in [-0.3, -0.25) is 0 Å². The van der Waals surface area contributed by atoms with E-state index in [-0.39, 0.29) is 18.0 Å². The largest absolute Gasteiger partial charge is 0.445 e. The van der Waals surface area contributed by atoms with Gasteiger partial charge in [-0.1, -0.05) is 96.2 Å². The van der Waals surface area contributed by atoms with Crippen molar-refractivity contribution in [3.8, 4) is 12.1 Å². The van der Waals surface area contributed by atoms with Crippen LogP contribution in [0.15, 0.2) is 102 Å². The van der Waals surface area contributed by atoms with E-state index in [9.17, 15) is 4.79 Å². The van der Waals surface area contributed by atoms with E-state index in [1.807, 2.05) is 91.0 Å². The number of esters is 1. The summed E-state index contributed by atoms with van der Waals surface area (Å²) >= 11 is 1.27. The van der Waals surface area contributed by atoms with E-state index in [4.69, 9.17) is 20.1 Å². The lowest BCUT2D eigenvalue weighted by atomic mass is 9.77. The molecule has 0 saturated heterocycles. The molecular weight excluding hydrogens is 486 g/mol. The molecule has 0 fully saturated rings. The van der Waals surface area contributed by atoms with E-state index in [2.05, 4.69) is 15.5 Å². The van der Waals surface area contributed by atoms with E-state index in [1.54, 1.807) is 17.5 Å². The molecule has 0 saturated carbocycles. The predicted molar refractivity (Wildman–Crippen MR) is 140 cm³/mol. The van der Waals surface area contributed by atoms with Gasteiger partial charge in [0.05, 0.1) is 0 Å². The van der Waals surface area contributed by atoms with Gasteiger partial charge in [-0.25, -0.2) is 9.78 Å². The number of nitriles is 2. The number of ether oxygens (including phenoxy) is 1. The molecule has 4 aromatic rings. The van der Waals surface area contributed by atoms with E-state index in [0.29, 0.717) is 5.13 Å². The van der Waals surface area contributed by atoms with Crippen molar-refractivity contribution < 1.29 is 14.4 Å². The maximum atomic E-state index is 12.5. The maximum Gasteiger partial charge on any atom is 0.363 e. The summed E-state index contributed by atoms with van der Waals surface area (Å²) in [6.07, 6.45) is 0. The van der Waals surface area contributed by atoms with Gasteiger partial charge in [0, 0.05) is 5.38 Å². The second-order valence-electron chi connectivity index (χ2n) is 7.62. The highest BCUT2D eigenvalue weighted by molar-refractivity contribution is 7.14. The SMILES string of the molecule is N#CCON=C(C(=O)OCC#N)c1csc(NC(c2ccccc2)(c2ccccc2)c2ccccc2)n1. The van der Waals surface area contributed by atoms with Gasteiger partial charge in [-0.05, 0) is 16.7 Å². The first-order valence-electron chi connectivity index (χ1n) is 11.2. The third-order valence-corrected chi connectivity index (χ3v) is 6.17. The second kappa shape index (κ2) is 12.1. The molecule has 182 valence electrons. The van der Waals surface area contributed by atoms with Gasteiger partial charge in [0.25, 0.3) is 0 Å². The monoisotopic (exact) mass is 507 g/mol. The minimum absolute atomic E-state index is 0.191. The minimum atomic E-state index is -0.878. The van der Waals surface area contributed by atoms with Crippen molar-refractivity contribution in [1.29, 1.82) is 10.5 Å². The molecule has 0 aliphatic heterocycles. The van der Waals surface area contributed by atoms with E-state index in [1.165, 1.54) is 11.3 Å². The molecule has 0 atom stereocenters. The lowest BCUT2D eigenvalue weighted by molar-refractivity contribution is -0.134. The van der Waals surface area contributed by atoms with Gasteiger partial charge in [0.15, 0.2) is 11.7 Å². The summed E-state index contributed by atoms with van der Waals surface area (Å²) < 4.78 is 4.91. The molecule has 0 aliphatic rings. The number of rotatable bonds is 10. The molecule has 1 aromatic heterocycles. The molecule has 0 bridgehead atoms. The van der Waals surface area contributed by atoms with Crippen molar-refractivity contribution in [1.82, 2.24) is 4.98 Å². The van der Waals surface area contributed by atoms with Crippen LogP contribution >= 0.6 is 11.3 Å². The zero-order valence-corrected chi connectivity index (χ0v) is 20.4. The molecule has 37 heavy (non-hydrogen) atoms. The van der Waals surface area contributed by atoms with Crippen LogP contribution in [0.1, 0.15) is 22.4 Å². The standard InChI is InChI=1S/C28H21N5O3S/c29-16-18-35-26(34)25(33-36-19-17-30)24-20-37-27(31-24)32-28(21-10-4-1-5-11-21,22-12-6-2-7-13-22)23-14-8-3-9-15-23/h1-15,20H,18-19H2,(H,31,32). The van der Waals surface area contributed by atoms with E-state index < -0.39 is 18.1 Å². The minimum Gasteiger partial charge on any atom is -0.445 e. The number of oxime groups is 1. The van der Waals surface area contributed by atoms with Crippen LogP contribution in [0, 0.1) is 22.7 Å². The number of nitrogens with one attached hydrogen (secondary N) is 1. The quantitative estimate of drug-likeness (QED) is 0.107. The number of carbonyl (C=O) groups excluding carboxylic acids is 1. The Morgan fingerprint density at radius 3 is 1.86 bits per heavy atom. The molecule has 0 radical (unpaired) electrons. The second-order valence-corrected chi connectivity index (χ2v) is 8.47. The van der Waals surface area contributed by atoms with Gasteiger partial charge >= 0.3 is 5.97 Å². The van der Waals surface area contributed by atoms with Crippen LogP contribution < -0.4 is 5.32 Å². The predicted octanol–water partition coefficient (Wildman–Crippen LogP) is 4.86. The number of benzene rings is 3. The van der Waals surface area contributed by atoms with Crippen LogP contribution in [0.3, 0.4) is 0 Å². The van der Waals surface area contributed by atoms with Crippen molar-refractivity contribution in [2.45, 2.75) is 5.54 Å². The number of aromatic nitrogens is 1. The summed E-state index contributed by atoms with van der Waals surface area (Å²) in [5, 5.41) is 27.0. The van der Waals surface area contributed by atoms with Gasteiger partial charge < -0.3 is 14.9 Å². The van der Waals surface area contributed by atoms with Crippen LogP contribution in [-0.4, -0.2) is 29.9 Å². The molecule has 0 aliphatic carbocycles. The Bertz CT molecular complexity index is 1350. The summed E-state index contributed by atoms with van der Waals surface area (Å²) in [5.41, 5.74) is 2.11. The normalized spacial score (nSPS) is 11.1. The van der Waals surface area contributed by atoms with Gasteiger partial charge in [0.1, 0.15) is 23.4 Å². The summed E-state index contributed by atoms with van der Waals surface area (Å²) in [6, 6.07) is 33.6. The number of thiazole rings is 1. The highest BCUT2D eigenvalue weighted by Gasteiger charge is 2.37. The van der Waals surface area contributed by atoms with Gasteiger partial charge in [-0.15, -0.1) is 11.3 Å². The zero-order valence-electron chi connectivity index (χ0n) is 19.6. The van der Waals surface area contributed by atoms with E-state index in [0.717, 1.165) is 16.7 Å². The molecule has 1 N–H and O–H groups in total. The highest BCUT2D eigenvalue weighted by Crippen LogP contribution is 2.40. The van der Waals surface area contributed by atoms with Crippen LogP contribution in [0.4, 0.5) is 5.13 Å². The lowest BCUT2D eigenvalue weighted by Crippen LogP contribution is -2.38. The van der Waals surface area contributed by atoms with E-state index >= 15 is 0 Å². The van der Waals surface area contributed by atoms with Gasteiger partial charge in [-0.2, -0.15) is 10.5 Å². The first-order chi connectivity index (χ1) is 18.2. The summed E-state index contributed by atoms with van der Waals surface area (Å²) in [5.74, 6) is -0.878. The molecule has 0 unspecified atom stereocenters. The van der Waals surface area contributed by atoms with Crippen molar-refractivity contribution in [2.75, 3.05) is 18.5 Å². The first kappa shape index (κ1) is 25.1. The first-order valence-corrected chi connectivity index (χ1v) is 12.1. The van der Waals surface area contributed by atoms with Crippen LogP contribution in [0.5, 0.6) is 0 Å². The molecule has 9 heteroatoms. The van der Waals surface area contributed by atoms with Crippen LogP contribution in [-0.2, 0) is 19.9 Å². The average molecular weight is 508 g/mol. The Balaban J connectivity index is 1.81. The Hall–Kier alpha value is -4.99. The summed E-state index contributed by atoms with van der Waals surface area (Å²) in [4.78, 5) is 22.0. The Morgan fingerprint density at radius 2 is 1.38 bits per heavy atom. The molecule has 4 rings (SSSR count). The summed E-state index contributed by atoms with van der Waals surface area (Å²) in [6.45, 7) is -0.812. The number of nitrogens with zero attached hydrogens (tertiary/aromatic N) is 4. The fourth-order valence-corrected chi connectivity index (χ4v) is 4.61. The van der Waals surface area contributed by atoms with Crippen molar-refractivity contribution in [2.24, 2.45) is 5.16 Å². The fraction of sp³-hybridized carbons (Fsp3) is 0.107. The number of hydrogen-bond donors (Lipinski definition) is 1. The molecule has 0 amide bonds. The Kier molecular flexibility index (Phi) is 8.22. The number of hydrogen-bond acceptors (Lipinski definition) is 9. The average Bonchev–Trinajstić information content (AvgIpc) is 3.42. The topological polar surface area (TPSA) is 120 Å². The maximum absolute atomic E-state index is 12.5. The third-order valence-electron chi connectivity index (χ3n) is 5.41. The highest BCUT2D eigenvalue weighted by atomic mass is 32.1. The molecule has 1 heterocycles. The van der Waals surface area contributed by atoms with Crippen LogP contribution in [0.2, 0.25) is 0 Å². The van der Waals surface area contributed by atoms with Gasteiger partial charge in [0.2, 0.25) is 12.3 Å². The number of carbonyl (C=O) groups is 1. The van der Waals surface area contributed by atoms with Crippen molar-refractivity contribution in [3.05, 3.63) is 119 Å². The van der Waals surface area contributed by atoms with Crippen molar-refractivity contribution in [3.63, 3.8) is 0 Å². The fourth-order valence-electron chi connectivity index (χ4n) is 3.86. The third kappa shape index (κ3) is 5.64. The zero-order chi connectivity index (χ0) is 25.9. The molecular formula is C28H21N5O3S. The summed E-state index contributed by atoms with van der Waals surface area (Å²) in [7, 11) is 0. The Morgan fingerprint density at radius 1 is 0.865 bits per heavy atom. The lowest BCUT2D eigenvalue weighted by Gasteiger charge is -2.36. The van der Waals surface area contributed by atoms with Crippen LogP contribution in [0.25, 0.3) is 0 Å². The molecule has 8 nitrogen and oxygen atoms in total. The molecule has 0 spiro atoms. The number of anilines is 1.